The number of methoxy groups -OCH3 is 2. The first-order chi connectivity index (χ1) is 31.4. The fraction of sp³-hybridized carbons (Fsp3) is 0.635. The summed E-state index contributed by atoms with van der Waals surface area (Å²) >= 11 is 1.51. The maximum Gasteiger partial charge on any atom is 0.238 e. The molecule has 3 amide bonds. The van der Waals surface area contributed by atoms with Crippen LogP contribution < -0.4 is 15.5 Å². The molecular formula is C52H81N7O6S. The summed E-state index contributed by atoms with van der Waals surface area (Å²) in [5, 5.41) is 9.27. The van der Waals surface area contributed by atoms with Gasteiger partial charge in [-0.1, -0.05) is 97.4 Å². The second-order valence-corrected chi connectivity index (χ2v) is 20.4. The third-order valence-electron chi connectivity index (χ3n) is 14.0. The first-order valence-corrected chi connectivity index (χ1v) is 24.8. The molecule has 4 rings (SSSR count). The number of hydrogen-bond acceptors (Lipinski definition) is 11. The van der Waals surface area contributed by atoms with Gasteiger partial charge < -0.3 is 34.7 Å². The SMILES string of the molecule is CC[C@H](C)[C@@H]([C@@H](CC(=O)N1CCC[C@H]1[C@H](OC)[C@@H](C)C(=O)N[C@@H](Cc1ccccc1)c1nccs1)OC)N(C)C[C@](C=O)(NC(=O)[C@H](C(C)C)N(C)CCc1ccc(N(C)C)cc1)C(C)C. The molecule has 0 aliphatic carbocycles. The van der Waals surface area contributed by atoms with Crippen molar-refractivity contribution in [3.05, 3.63) is 82.3 Å². The zero-order valence-corrected chi connectivity index (χ0v) is 43.0. The Hall–Kier alpha value is -4.21. The van der Waals surface area contributed by atoms with E-state index in [0.29, 0.717) is 25.9 Å². The van der Waals surface area contributed by atoms with Gasteiger partial charge in [0.25, 0.3) is 0 Å². The Bertz CT molecular complexity index is 1930. The van der Waals surface area contributed by atoms with Crippen molar-refractivity contribution < 1.29 is 28.7 Å². The van der Waals surface area contributed by atoms with E-state index in [9.17, 15) is 19.2 Å². The van der Waals surface area contributed by atoms with E-state index < -0.39 is 29.7 Å². The minimum absolute atomic E-state index is 0.0123. The van der Waals surface area contributed by atoms with Crippen molar-refractivity contribution >= 4 is 41.0 Å². The van der Waals surface area contributed by atoms with E-state index in [4.69, 9.17) is 9.47 Å². The summed E-state index contributed by atoms with van der Waals surface area (Å²) in [6.45, 7) is 15.6. The second kappa shape index (κ2) is 25.8. The van der Waals surface area contributed by atoms with Gasteiger partial charge in [-0.05, 0) is 80.8 Å². The minimum Gasteiger partial charge on any atom is -0.379 e. The Morgan fingerprint density at radius 1 is 0.924 bits per heavy atom. The maximum atomic E-state index is 14.5. The molecule has 2 aromatic carbocycles. The van der Waals surface area contributed by atoms with E-state index in [1.54, 1.807) is 20.4 Å². The molecule has 0 radical (unpaired) electrons. The van der Waals surface area contributed by atoms with Crippen LogP contribution in [0, 0.1) is 23.7 Å². The van der Waals surface area contributed by atoms with Gasteiger partial charge in [0.1, 0.15) is 16.8 Å². The van der Waals surface area contributed by atoms with Gasteiger partial charge in [0.2, 0.25) is 17.7 Å². The summed E-state index contributed by atoms with van der Waals surface area (Å²) in [6.07, 6.45) is 5.38. The molecule has 0 spiro atoms. The van der Waals surface area contributed by atoms with Crippen molar-refractivity contribution in [2.75, 3.05) is 66.9 Å². The number of rotatable bonds is 27. The number of likely N-dealkylation sites (tertiary alicyclic amines) is 1. The molecule has 0 unspecified atom stereocenters. The smallest absolute Gasteiger partial charge is 0.238 e. The fourth-order valence-electron chi connectivity index (χ4n) is 9.81. The summed E-state index contributed by atoms with van der Waals surface area (Å²) in [5.74, 6) is -1.13. The molecule has 0 bridgehead atoms. The predicted octanol–water partition coefficient (Wildman–Crippen LogP) is 6.91. The van der Waals surface area contributed by atoms with E-state index >= 15 is 0 Å². The van der Waals surface area contributed by atoms with Gasteiger partial charge in [-0.2, -0.15) is 0 Å². The van der Waals surface area contributed by atoms with Crippen LogP contribution in [-0.2, 0) is 41.5 Å². The third kappa shape index (κ3) is 14.2. The number of amides is 3. The average molecular weight is 932 g/mol. The van der Waals surface area contributed by atoms with Gasteiger partial charge in [-0.25, -0.2) is 4.98 Å². The van der Waals surface area contributed by atoms with E-state index in [1.165, 1.54) is 16.9 Å². The Morgan fingerprint density at radius 2 is 1.61 bits per heavy atom. The standard InChI is InChI=1S/C52H81N7O6S/c1-14-37(6)47(58(11)33-52(34-60,36(4)5)55-50(63)46(35(2)3)57(10)29-26-39-22-24-41(25-23-39)56(8)9)44(64-12)32-45(61)59-28-18-21-43(59)48(65-13)38(7)49(62)54-42(51-53-27-30-66-51)31-40-19-16-15-17-20-40/h15-17,19-20,22-25,27,30,34-38,42-44,46-48H,14,18,21,26,28-29,31-33H2,1-13H3,(H,54,62)(H,55,63)/t37-,38+,42-,43-,44+,46-,47-,48+,52+/m0/s1. The summed E-state index contributed by atoms with van der Waals surface area (Å²) in [5.41, 5.74) is 2.21. The van der Waals surface area contributed by atoms with Crippen molar-refractivity contribution in [2.45, 2.75) is 129 Å². The zero-order chi connectivity index (χ0) is 48.7. The number of anilines is 1. The van der Waals surface area contributed by atoms with Crippen molar-refractivity contribution in [3.63, 3.8) is 0 Å². The van der Waals surface area contributed by atoms with Crippen molar-refractivity contribution in [1.82, 2.24) is 30.3 Å². The molecule has 1 fully saturated rings. The monoisotopic (exact) mass is 932 g/mol. The largest absolute Gasteiger partial charge is 0.379 e. The number of carbonyl (C=O) groups excluding carboxylic acids is 4. The minimum atomic E-state index is -1.21. The van der Waals surface area contributed by atoms with Gasteiger partial charge in [0.05, 0.1) is 42.7 Å². The van der Waals surface area contributed by atoms with Crippen LogP contribution in [0.4, 0.5) is 5.69 Å². The number of hydrogen-bond donors (Lipinski definition) is 2. The molecule has 2 heterocycles. The fourth-order valence-corrected chi connectivity index (χ4v) is 10.5. The molecule has 66 heavy (non-hydrogen) atoms. The van der Waals surface area contributed by atoms with Gasteiger partial charge in [0, 0.05) is 71.3 Å². The lowest BCUT2D eigenvalue weighted by molar-refractivity contribution is -0.143. The number of nitrogens with zero attached hydrogens (tertiary/aromatic N) is 5. The third-order valence-corrected chi connectivity index (χ3v) is 14.9. The van der Waals surface area contributed by atoms with Gasteiger partial charge >= 0.3 is 0 Å². The van der Waals surface area contributed by atoms with Crippen LogP contribution in [0.1, 0.15) is 96.3 Å². The van der Waals surface area contributed by atoms with Crippen molar-refractivity contribution in [3.8, 4) is 0 Å². The molecule has 1 saturated heterocycles. The highest BCUT2D eigenvalue weighted by atomic mass is 32.1. The molecule has 1 aliphatic rings. The highest BCUT2D eigenvalue weighted by Crippen LogP contribution is 2.31. The number of nitrogens with one attached hydrogen (secondary N) is 2. The Morgan fingerprint density at radius 3 is 2.15 bits per heavy atom. The second-order valence-electron chi connectivity index (χ2n) is 19.5. The maximum absolute atomic E-state index is 14.5. The van der Waals surface area contributed by atoms with E-state index in [2.05, 4.69) is 68.4 Å². The molecule has 0 saturated carbocycles. The lowest BCUT2D eigenvalue weighted by atomic mass is 9.84. The van der Waals surface area contributed by atoms with Crippen LogP contribution in [-0.4, -0.2) is 142 Å². The average Bonchev–Trinajstić information content (AvgIpc) is 4.02. The van der Waals surface area contributed by atoms with Crippen molar-refractivity contribution in [1.29, 1.82) is 0 Å². The first-order valence-electron chi connectivity index (χ1n) is 23.9. The van der Waals surface area contributed by atoms with Crippen LogP contribution in [0.25, 0.3) is 0 Å². The van der Waals surface area contributed by atoms with E-state index in [1.807, 2.05) is 103 Å². The topological polar surface area (TPSA) is 137 Å². The zero-order valence-electron chi connectivity index (χ0n) is 42.2. The molecule has 366 valence electrons. The summed E-state index contributed by atoms with van der Waals surface area (Å²) < 4.78 is 12.3. The summed E-state index contributed by atoms with van der Waals surface area (Å²) in [6, 6.07) is 17.2. The Kier molecular flexibility index (Phi) is 21.3. The molecule has 9 atom stereocenters. The van der Waals surface area contributed by atoms with Crippen LogP contribution in [0.15, 0.2) is 66.2 Å². The quantitative estimate of drug-likeness (QED) is 0.0777. The Labute approximate surface area is 400 Å². The van der Waals surface area contributed by atoms with Crippen LogP contribution >= 0.6 is 11.3 Å². The predicted molar refractivity (Wildman–Crippen MR) is 267 cm³/mol. The van der Waals surface area contributed by atoms with E-state index in [0.717, 1.165) is 41.8 Å². The molecule has 1 aliphatic heterocycles. The molecule has 13 nitrogen and oxygen atoms in total. The lowest BCUT2D eigenvalue weighted by Crippen LogP contribution is -2.65. The van der Waals surface area contributed by atoms with Crippen LogP contribution in [0.2, 0.25) is 0 Å². The number of aldehydes is 1. The van der Waals surface area contributed by atoms with Crippen molar-refractivity contribution in [2.24, 2.45) is 23.7 Å². The van der Waals surface area contributed by atoms with Gasteiger partial charge in [0.15, 0.2) is 0 Å². The number of carbonyl (C=O) groups is 4. The van der Waals surface area contributed by atoms with Crippen LogP contribution in [0.5, 0.6) is 0 Å². The lowest BCUT2D eigenvalue weighted by Gasteiger charge is -2.44. The molecular weight excluding hydrogens is 851 g/mol. The molecule has 14 heteroatoms. The summed E-state index contributed by atoms with van der Waals surface area (Å²) in [7, 11) is 11.2. The van der Waals surface area contributed by atoms with Gasteiger partial charge in [-0.15, -0.1) is 11.3 Å². The molecule has 1 aromatic heterocycles. The Balaban J connectivity index is 1.48. The first kappa shape index (κ1) is 54.4. The number of aromatic nitrogens is 1. The van der Waals surface area contributed by atoms with Crippen LogP contribution in [0.3, 0.4) is 0 Å². The normalized spacial score (nSPS) is 18.4. The number of likely N-dealkylation sites (N-methyl/N-ethyl adjacent to an activating group) is 2. The highest BCUT2D eigenvalue weighted by Gasteiger charge is 2.45. The number of ether oxygens (including phenoxy) is 2. The van der Waals surface area contributed by atoms with Gasteiger partial charge in [-0.3, -0.25) is 24.2 Å². The molecule has 3 aromatic rings. The van der Waals surface area contributed by atoms with E-state index in [-0.39, 0.29) is 66.6 Å². The molecule has 2 N–H and O–H groups in total. The number of thiazole rings is 1. The number of benzene rings is 2. The summed E-state index contributed by atoms with van der Waals surface area (Å²) in [4.78, 5) is 69.0. The highest BCUT2D eigenvalue weighted by molar-refractivity contribution is 7.09.